The standard InChI is InChI=1S/C15H21F3N2O/c1-3-19-12-8-9-20(11(2)10-12)13-4-6-14(7-5-13)21-15(16,17)18/h4-7,11-12,19H,3,8-10H2,1-2H3. The Bertz CT molecular complexity index is 447. The van der Waals surface area contributed by atoms with Crippen molar-refractivity contribution in [2.75, 3.05) is 18.0 Å². The fourth-order valence-corrected chi connectivity index (χ4v) is 2.87. The number of halogens is 3. The normalized spacial score (nSPS) is 23.2. The molecular weight excluding hydrogens is 281 g/mol. The van der Waals surface area contributed by atoms with Crippen molar-refractivity contribution in [3.63, 3.8) is 0 Å². The summed E-state index contributed by atoms with van der Waals surface area (Å²) in [5.41, 5.74) is 0.937. The molecule has 21 heavy (non-hydrogen) atoms. The largest absolute Gasteiger partial charge is 0.573 e. The van der Waals surface area contributed by atoms with Crippen LogP contribution in [0.25, 0.3) is 0 Å². The van der Waals surface area contributed by atoms with Crippen molar-refractivity contribution in [2.24, 2.45) is 0 Å². The van der Waals surface area contributed by atoms with Gasteiger partial charge in [0.2, 0.25) is 0 Å². The van der Waals surface area contributed by atoms with Crippen molar-refractivity contribution < 1.29 is 17.9 Å². The van der Waals surface area contributed by atoms with Gasteiger partial charge in [-0.25, -0.2) is 0 Å². The van der Waals surface area contributed by atoms with Crippen LogP contribution < -0.4 is 15.0 Å². The maximum absolute atomic E-state index is 12.1. The molecule has 6 heteroatoms. The number of rotatable bonds is 4. The van der Waals surface area contributed by atoms with Gasteiger partial charge in [0, 0.05) is 24.3 Å². The molecule has 2 atom stereocenters. The third-order valence-electron chi connectivity index (χ3n) is 3.77. The first-order chi connectivity index (χ1) is 9.89. The number of hydrogen-bond acceptors (Lipinski definition) is 3. The van der Waals surface area contributed by atoms with E-state index >= 15 is 0 Å². The number of ether oxygens (including phenoxy) is 1. The van der Waals surface area contributed by atoms with Gasteiger partial charge in [0.15, 0.2) is 0 Å². The van der Waals surface area contributed by atoms with E-state index in [9.17, 15) is 13.2 Å². The number of hydrogen-bond donors (Lipinski definition) is 1. The number of piperidine rings is 1. The SMILES string of the molecule is CCNC1CCN(c2ccc(OC(F)(F)F)cc2)C(C)C1. The molecule has 0 saturated carbocycles. The number of nitrogens with one attached hydrogen (secondary N) is 1. The van der Waals surface area contributed by atoms with E-state index in [1.54, 1.807) is 12.1 Å². The average Bonchev–Trinajstić information content (AvgIpc) is 2.39. The predicted molar refractivity (Wildman–Crippen MR) is 76.6 cm³/mol. The first-order valence-corrected chi connectivity index (χ1v) is 7.25. The Labute approximate surface area is 123 Å². The first-order valence-electron chi connectivity index (χ1n) is 7.25. The van der Waals surface area contributed by atoms with Gasteiger partial charge in [-0.2, -0.15) is 0 Å². The lowest BCUT2D eigenvalue weighted by atomic mass is 9.97. The monoisotopic (exact) mass is 302 g/mol. The van der Waals surface area contributed by atoms with Gasteiger partial charge in [-0.05, 0) is 50.6 Å². The van der Waals surface area contributed by atoms with E-state index in [4.69, 9.17) is 0 Å². The molecule has 1 heterocycles. The van der Waals surface area contributed by atoms with Crippen molar-refractivity contribution in [3.05, 3.63) is 24.3 Å². The van der Waals surface area contributed by atoms with E-state index in [2.05, 4.69) is 28.8 Å². The summed E-state index contributed by atoms with van der Waals surface area (Å²) in [7, 11) is 0. The van der Waals surface area contributed by atoms with E-state index < -0.39 is 6.36 Å². The number of benzene rings is 1. The van der Waals surface area contributed by atoms with Gasteiger partial charge < -0.3 is 15.0 Å². The van der Waals surface area contributed by atoms with Crippen LogP contribution in [0, 0.1) is 0 Å². The van der Waals surface area contributed by atoms with E-state index in [0.717, 1.165) is 31.6 Å². The van der Waals surface area contributed by atoms with Gasteiger partial charge in [-0.15, -0.1) is 13.2 Å². The van der Waals surface area contributed by atoms with Crippen LogP contribution in [-0.2, 0) is 0 Å². The zero-order chi connectivity index (χ0) is 15.5. The van der Waals surface area contributed by atoms with Crippen LogP contribution in [0.1, 0.15) is 26.7 Å². The molecule has 3 nitrogen and oxygen atoms in total. The second-order valence-corrected chi connectivity index (χ2v) is 5.36. The molecule has 1 aliphatic rings. The fourth-order valence-electron chi connectivity index (χ4n) is 2.87. The average molecular weight is 302 g/mol. The van der Waals surface area contributed by atoms with Gasteiger partial charge in [-0.3, -0.25) is 0 Å². The molecule has 1 aliphatic heterocycles. The lowest BCUT2D eigenvalue weighted by molar-refractivity contribution is -0.274. The molecule has 118 valence electrons. The Hall–Kier alpha value is -1.43. The van der Waals surface area contributed by atoms with Gasteiger partial charge in [0.1, 0.15) is 5.75 Å². The molecule has 1 aromatic rings. The van der Waals surface area contributed by atoms with E-state index in [0.29, 0.717) is 12.1 Å². The first kappa shape index (κ1) is 15.9. The highest BCUT2D eigenvalue weighted by atomic mass is 19.4. The number of anilines is 1. The third kappa shape index (κ3) is 4.52. The molecule has 1 N–H and O–H groups in total. The molecule has 1 saturated heterocycles. The van der Waals surface area contributed by atoms with E-state index in [1.165, 1.54) is 12.1 Å². The second kappa shape index (κ2) is 6.56. The van der Waals surface area contributed by atoms with Crippen LogP contribution in [0.2, 0.25) is 0 Å². The quantitative estimate of drug-likeness (QED) is 0.920. The van der Waals surface area contributed by atoms with Crippen LogP contribution in [0.4, 0.5) is 18.9 Å². The Morgan fingerprint density at radius 3 is 2.48 bits per heavy atom. The van der Waals surface area contributed by atoms with Crippen LogP contribution in [-0.4, -0.2) is 31.5 Å². The Morgan fingerprint density at radius 1 is 1.29 bits per heavy atom. The van der Waals surface area contributed by atoms with Crippen molar-refractivity contribution in [1.82, 2.24) is 5.32 Å². The lowest BCUT2D eigenvalue weighted by Gasteiger charge is -2.39. The van der Waals surface area contributed by atoms with Gasteiger partial charge in [0.25, 0.3) is 0 Å². The number of alkyl halides is 3. The highest BCUT2D eigenvalue weighted by Crippen LogP contribution is 2.28. The van der Waals surface area contributed by atoms with Crippen molar-refractivity contribution >= 4 is 5.69 Å². The van der Waals surface area contributed by atoms with E-state index in [-0.39, 0.29) is 5.75 Å². The van der Waals surface area contributed by atoms with Gasteiger partial charge in [0.05, 0.1) is 0 Å². The molecule has 0 radical (unpaired) electrons. The van der Waals surface area contributed by atoms with Crippen LogP contribution >= 0.6 is 0 Å². The molecule has 0 aromatic heterocycles. The topological polar surface area (TPSA) is 24.5 Å². The van der Waals surface area contributed by atoms with Crippen LogP contribution in [0.15, 0.2) is 24.3 Å². The van der Waals surface area contributed by atoms with Crippen molar-refractivity contribution in [2.45, 2.75) is 45.1 Å². The molecule has 0 aliphatic carbocycles. The summed E-state index contributed by atoms with van der Waals surface area (Å²) in [6.07, 6.45) is -2.56. The highest BCUT2D eigenvalue weighted by Gasteiger charge is 2.31. The summed E-state index contributed by atoms with van der Waals surface area (Å²) in [6, 6.07) is 6.99. The molecule has 2 rings (SSSR count). The molecule has 1 aromatic carbocycles. The molecular formula is C15H21F3N2O. The summed E-state index contributed by atoms with van der Waals surface area (Å²) < 4.78 is 40.3. The molecule has 1 fully saturated rings. The predicted octanol–water partition coefficient (Wildman–Crippen LogP) is 3.55. The Morgan fingerprint density at radius 2 is 1.95 bits per heavy atom. The lowest BCUT2D eigenvalue weighted by Crippen LogP contribution is -2.47. The minimum Gasteiger partial charge on any atom is -0.406 e. The van der Waals surface area contributed by atoms with Crippen molar-refractivity contribution in [3.8, 4) is 5.75 Å². The van der Waals surface area contributed by atoms with Gasteiger partial charge in [-0.1, -0.05) is 6.92 Å². The maximum Gasteiger partial charge on any atom is 0.573 e. The minimum absolute atomic E-state index is 0.179. The molecule has 2 unspecified atom stereocenters. The molecule has 0 bridgehead atoms. The maximum atomic E-state index is 12.1. The Kier molecular flexibility index (Phi) is 4.98. The third-order valence-corrected chi connectivity index (χ3v) is 3.77. The van der Waals surface area contributed by atoms with Crippen LogP contribution in [0.3, 0.4) is 0 Å². The summed E-state index contributed by atoms with van der Waals surface area (Å²) in [6.45, 7) is 6.10. The highest BCUT2D eigenvalue weighted by molar-refractivity contribution is 5.50. The number of nitrogens with zero attached hydrogens (tertiary/aromatic N) is 1. The molecule has 0 amide bonds. The van der Waals surface area contributed by atoms with Crippen LogP contribution in [0.5, 0.6) is 5.75 Å². The van der Waals surface area contributed by atoms with Gasteiger partial charge >= 0.3 is 6.36 Å². The summed E-state index contributed by atoms with van der Waals surface area (Å²) in [5.74, 6) is -0.179. The summed E-state index contributed by atoms with van der Waals surface area (Å²) in [5, 5.41) is 3.45. The Balaban J connectivity index is 1.99. The zero-order valence-electron chi connectivity index (χ0n) is 12.3. The minimum atomic E-state index is -4.64. The van der Waals surface area contributed by atoms with Crippen molar-refractivity contribution in [1.29, 1.82) is 0 Å². The summed E-state index contributed by atoms with van der Waals surface area (Å²) >= 11 is 0. The smallest absolute Gasteiger partial charge is 0.406 e. The summed E-state index contributed by atoms with van der Waals surface area (Å²) in [4.78, 5) is 2.23. The fraction of sp³-hybridized carbons (Fsp3) is 0.600. The second-order valence-electron chi connectivity index (χ2n) is 5.36. The molecule has 0 spiro atoms. The zero-order valence-corrected chi connectivity index (χ0v) is 12.3. The van der Waals surface area contributed by atoms with E-state index in [1.807, 2.05) is 0 Å².